The van der Waals surface area contributed by atoms with E-state index in [0.717, 1.165) is 0 Å². The van der Waals surface area contributed by atoms with Crippen LogP contribution in [-0.4, -0.2) is 32.3 Å². The molecule has 0 spiro atoms. The molecule has 18 heavy (non-hydrogen) atoms. The number of nitrogens with one attached hydrogen (secondary N) is 1. The summed E-state index contributed by atoms with van der Waals surface area (Å²) in [5.41, 5.74) is 7.41. The number of hydrogen-bond donors (Lipinski definition) is 2. The van der Waals surface area contributed by atoms with Crippen LogP contribution in [0.3, 0.4) is 0 Å². The molecule has 0 aliphatic rings. The van der Waals surface area contributed by atoms with Gasteiger partial charge in [-0.2, -0.15) is 0 Å². The maximum atomic E-state index is 11.5. The first kappa shape index (κ1) is 14.3. The average molecular weight is 252 g/mol. The fourth-order valence-corrected chi connectivity index (χ4v) is 1.58. The van der Waals surface area contributed by atoms with Crippen LogP contribution in [0.15, 0.2) is 18.2 Å². The highest BCUT2D eigenvalue weighted by Crippen LogP contribution is 2.24. The maximum absolute atomic E-state index is 11.5. The lowest BCUT2D eigenvalue weighted by Crippen LogP contribution is -2.22. The highest BCUT2D eigenvalue weighted by Gasteiger charge is 2.13. The van der Waals surface area contributed by atoms with Crippen molar-refractivity contribution in [1.29, 1.82) is 0 Å². The van der Waals surface area contributed by atoms with E-state index in [0.29, 0.717) is 30.2 Å². The van der Waals surface area contributed by atoms with Gasteiger partial charge in [0, 0.05) is 12.6 Å². The molecule has 0 aliphatic carbocycles. The van der Waals surface area contributed by atoms with E-state index in [2.05, 4.69) is 10.1 Å². The SMILES string of the molecule is CCOCC(C)Nc1cccc(C(=O)OC)c1N. The van der Waals surface area contributed by atoms with Crippen molar-refractivity contribution in [3.8, 4) is 0 Å². The van der Waals surface area contributed by atoms with Crippen LogP contribution >= 0.6 is 0 Å². The van der Waals surface area contributed by atoms with E-state index < -0.39 is 5.97 Å². The first-order valence-electron chi connectivity index (χ1n) is 5.91. The van der Waals surface area contributed by atoms with E-state index in [1.54, 1.807) is 12.1 Å². The molecule has 1 atom stereocenters. The molecule has 0 aliphatic heterocycles. The van der Waals surface area contributed by atoms with E-state index in [1.165, 1.54) is 7.11 Å². The normalized spacial score (nSPS) is 11.9. The van der Waals surface area contributed by atoms with Crippen molar-refractivity contribution in [1.82, 2.24) is 0 Å². The molecule has 1 rings (SSSR count). The second kappa shape index (κ2) is 6.86. The van der Waals surface area contributed by atoms with Gasteiger partial charge in [-0.05, 0) is 26.0 Å². The van der Waals surface area contributed by atoms with Crippen molar-refractivity contribution >= 4 is 17.3 Å². The minimum Gasteiger partial charge on any atom is -0.465 e. The molecule has 0 heterocycles. The molecule has 1 aromatic rings. The Morgan fingerprint density at radius 3 is 2.83 bits per heavy atom. The Kier molecular flexibility index (Phi) is 5.45. The van der Waals surface area contributed by atoms with Crippen molar-refractivity contribution in [2.45, 2.75) is 19.9 Å². The van der Waals surface area contributed by atoms with Crippen LogP contribution in [-0.2, 0) is 9.47 Å². The quantitative estimate of drug-likeness (QED) is 0.597. The molecule has 0 radical (unpaired) electrons. The van der Waals surface area contributed by atoms with Crippen molar-refractivity contribution in [3.63, 3.8) is 0 Å². The summed E-state index contributed by atoms with van der Waals surface area (Å²) < 4.78 is 9.98. The summed E-state index contributed by atoms with van der Waals surface area (Å²) in [7, 11) is 1.33. The van der Waals surface area contributed by atoms with Crippen LogP contribution in [0.2, 0.25) is 0 Å². The minimum absolute atomic E-state index is 0.111. The number of esters is 1. The lowest BCUT2D eigenvalue weighted by Gasteiger charge is -2.17. The minimum atomic E-state index is -0.436. The smallest absolute Gasteiger partial charge is 0.340 e. The average Bonchev–Trinajstić information content (AvgIpc) is 2.38. The molecule has 1 unspecified atom stereocenters. The van der Waals surface area contributed by atoms with Crippen LogP contribution in [0.5, 0.6) is 0 Å². The van der Waals surface area contributed by atoms with Crippen molar-refractivity contribution in [3.05, 3.63) is 23.8 Å². The summed E-state index contributed by atoms with van der Waals surface area (Å²) in [6.07, 6.45) is 0. The predicted octanol–water partition coefficient (Wildman–Crippen LogP) is 1.89. The first-order valence-corrected chi connectivity index (χ1v) is 5.91. The van der Waals surface area contributed by atoms with Crippen LogP contribution in [0.1, 0.15) is 24.2 Å². The standard InChI is InChI=1S/C13H20N2O3/c1-4-18-8-9(2)15-11-7-5-6-10(12(11)14)13(16)17-3/h5-7,9,15H,4,8,14H2,1-3H3. The third-order valence-corrected chi connectivity index (χ3v) is 2.49. The maximum Gasteiger partial charge on any atom is 0.340 e. The zero-order valence-electron chi connectivity index (χ0n) is 11.0. The number of methoxy groups -OCH3 is 1. The van der Waals surface area contributed by atoms with Gasteiger partial charge in [0.25, 0.3) is 0 Å². The van der Waals surface area contributed by atoms with Crippen molar-refractivity contribution < 1.29 is 14.3 Å². The number of carbonyl (C=O) groups is 1. The molecular formula is C13H20N2O3. The molecule has 5 heteroatoms. The van der Waals surface area contributed by atoms with Gasteiger partial charge in [-0.25, -0.2) is 4.79 Å². The summed E-state index contributed by atoms with van der Waals surface area (Å²) >= 11 is 0. The zero-order valence-corrected chi connectivity index (χ0v) is 11.0. The summed E-state index contributed by atoms with van der Waals surface area (Å²) in [4.78, 5) is 11.5. The summed E-state index contributed by atoms with van der Waals surface area (Å²) in [5.74, 6) is -0.436. The number of anilines is 2. The Labute approximate surface area is 107 Å². The molecule has 0 saturated carbocycles. The Bertz CT molecular complexity index is 407. The number of benzene rings is 1. The molecule has 0 bridgehead atoms. The van der Waals surface area contributed by atoms with Gasteiger partial charge in [0.05, 0.1) is 30.7 Å². The van der Waals surface area contributed by atoms with Gasteiger partial charge in [-0.1, -0.05) is 6.07 Å². The Morgan fingerprint density at radius 2 is 2.22 bits per heavy atom. The Balaban J connectivity index is 2.80. The van der Waals surface area contributed by atoms with Gasteiger partial charge in [-0.15, -0.1) is 0 Å². The van der Waals surface area contributed by atoms with Crippen molar-refractivity contribution in [2.75, 3.05) is 31.4 Å². The second-order valence-electron chi connectivity index (χ2n) is 3.96. The molecule has 3 N–H and O–H groups in total. The Hall–Kier alpha value is -1.75. The fourth-order valence-electron chi connectivity index (χ4n) is 1.58. The van der Waals surface area contributed by atoms with E-state index in [4.69, 9.17) is 10.5 Å². The monoisotopic (exact) mass is 252 g/mol. The second-order valence-corrected chi connectivity index (χ2v) is 3.96. The fraction of sp³-hybridized carbons (Fsp3) is 0.462. The lowest BCUT2D eigenvalue weighted by atomic mass is 10.1. The highest BCUT2D eigenvalue weighted by molar-refractivity contribution is 5.98. The molecule has 0 saturated heterocycles. The van der Waals surface area contributed by atoms with E-state index in [-0.39, 0.29) is 6.04 Å². The molecule has 1 aromatic carbocycles. The number of nitrogen functional groups attached to an aromatic ring is 1. The van der Waals surface area contributed by atoms with Crippen LogP contribution in [0, 0.1) is 0 Å². The number of ether oxygens (including phenoxy) is 2. The molecular weight excluding hydrogens is 232 g/mol. The molecule has 100 valence electrons. The van der Waals surface area contributed by atoms with Crippen LogP contribution in [0.4, 0.5) is 11.4 Å². The van der Waals surface area contributed by atoms with E-state index >= 15 is 0 Å². The van der Waals surface area contributed by atoms with Gasteiger partial charge < -0.3 is 20.5 Å². The van der Waals surface area contributed by atoms with Gasteiger partial charge in [-0.3, -0.25) is 0 Å². The van der Waals surface area contributed by atoms with Crippen molar-refractivity contribution in [2.24, 2.45) is 0 Å². The third kappa shape index (κ3) is 3.63. The summed E-state index contributed by atoms with van der Waals surface area (Å²) in [5, 5.41) is 3.21. The number of carbonyl (C=O) groups excluding carboxylic acids is 1. The van der Waals surface area contributed by atoms with E-state index in [1.807, 2.05) is 19.9 Å². The third-order valence-electron chi connectivity index (χ3n) is 2.49. The van der Waals surface area contributed by atoms with Crippen LogP contribution in [0.25, 0.3) is 0 Å². The largest absolute Gasteiger partial charge is 0.465 e. The van der Waals surface area contributed by atoms with Crippen LogP contribution < -0.4 is 11.1 Å². The van der Waals surface area contributed by atoms with Gasteiger partial charge in [0.15, 0.2) is 0 Å². The number of rotatable bonds is 6. The summed E-state index contributed by atoms with van der Waals surface area (Å²) in [6.45, 7) is 5.18. The highest BCUT2D eigenvalue weighted by atomic mass is 16.5. The molecule has 0 aromatic heterocycles. The summed E-state index contributed by atoms with van der Waals surface area (Å²) in [6, 6.07) is 5.34. The molecule has 0 amide bonds. The number of hydrogen-bond acceptors (Lipinski definition) is 5. The topological polar surface area (TPSA) is 73.6 Å². The zero-order chi connectivity index (χ0) is 13.5. The number of nitrogens with two attached hydrogens (primary N) is 1. The number of para-hydroxylation sites is 1. The Morgan fingerprint density at radius 1 is 1.50 bits per heavy atom. The predicted molar refractivity (Wildman–Crippen MR) is 71.8 cm³/mol. The van der Waals surface area contributed by atoms with Gasteiger partial charge >= 0.3 is 5.97 Å². The lowest BCUT2D eigenvalue weighted by molar-refractivity contribution is 0.0602. The van der Waals surface area contributed by atoms with Gasteiger partial charge in [0.2, 0.25) is 0 Å². The van der Waals surface area contributed by atoms with Gasteiger partial charge in [0.1, 0.15) is 0 Å². The van der Waals surface area contributed by atoms with E-state index in [9.17, 15) is 4.79 Å². The molecule has 0 fully saturated rings. The molecule has 5 nitrogen and oxygen atoms in total. The first-order chi connectivity index (χ1) is 8.60.